The summed E-state index contributed by atoms with van der Waals surface area (Å²) >= 11 is 6.17. The van der Waals surface area contributed by atoms with Crippen LogP contribution >= 0.6 is 24.0 Å². The zero-order chi connectivity index (χ0) is 11.7. The largest absolute Gasteiger partial charge is 0.454 e. The molecule has 1 aliphatic rings. The average molecular weight is 278 g/mol. The number of ether oxygens (including phenoxy) is 2. The molecule has 0 unspecified atom stereocenters. The Kier molecular flexibility index (Phi) is 4.92. The van der Waals surface area contributed by atoms with Gasteiger partial charge in [0, 0.05) is 17.1 Å². The van der Waals surface area contributed by atoms with Crippen molar-refractivity contribution in [1.29, 1.82) is 0 Å². The Morgan fingerprint density at radius 2 is 1.88 bits per heavy atom. The van der Waals surface area contributed by atoms with Gasteiger partial charge in [0.25, 0.3) is 0 Å². The van der Waals surface area contributed by atoms with Crippen molar-refractivity contribution < 1.29 is 9.47 Å². The van der Waals surface area contributed by atoms with E-state index in [9.17, 15) is 0 Å². The van der Waals surface area contributed by atoms with Gasteiger partial charge in [-0.1, -0.05) is 25.4 Å². The van der Waals surface area contributed by atoms with Crippen LogP contribution < -0.4 is 15.2 Å². The molecule has 17 heavy (non-hydrogen) atoms. The van der Waals surface area contributed by atoms with Crippen molar-refractivity contribution in [2.75, 3.05) is 6.79 Å². The first-order chi connectivity index (χ1) is 7.58. The van der Waals surface area contributed by atoms with Crippen molar-refractivity contribution in [3.05, 3.63) is 22.7 Å². The van der Waals surface area contributed by atoms with Crippen molar-refractivity contribution in [2.24, 2.45) is 11.7 Å². The molecule has 1 heterocycles. The summed E-state index contributed by atoms with van der Waals surface area (Å²) in [4.78, 5) is 0. The Labute approximate surface area is 113 Å². The zero-order valence-electron chi connectivity index (χ0n) is 9.90. The normalized spacial score (nSPS) is 14.6. The molecule has 0 spiro atoms. The maximum atomic E-state index is 6.17. The van der Waals surface area contributed by atoms with Crippen LogP contribution in [-0.2, 0) is 0 Å². The van der Waals surface area contributed by atoms with Crippen molar-refractivity contribution in [2.45, 2.75) is 26.3 Å². The van der Waals surface area contributed by atoms with Crippen LogP contribution in [0.4, 0.5) is 0 Å². The van der Waals surface area contributed by atoms with Gasteiger partial charge in [0.1, 0.15) is 0 Å². The Morgan fingerprint density at radius 1 is 1.29 bits per heavy atom. The van der Waals surface area contributed by atoms with E-state index in [0.29, 0.717) is 16.7 Å². The fourth-order valence-electron chi connectivity index (χ4n) is 1.85. The number of rotatable bonds is 3. The molecular weight excluding hydrogens is 261 g/mol. The molecule has 0 saturated carbocycles. The minimum absolute atomic E-state index is 0. The smallest absolute Gasteiger partial charge is 0.231 e. The molecule has 5 heteroatoms. The average Bonchev–Trinajstić information content (AvgIpc) is 2.61. The van der Waals surface area contributed by atoms with Gasteiger partial charge in [-0.3, -0.25) is 0 Å². The third-order valence-electron chi connectivity index (χ3n) is 2.62. The molecule has 1 aromatic carbocycles. The minimum Gasteiger partial charge on any atom is -0.454 e. The van der Waals surface area contributed by atoms with Gasteiger partial charge in [-0.2, -0.15) is 0 Å². The molecule has 1 aliphatic heterocycles. The molecular formula is C12H17Cl2NO2. The van der Waals surface area contributed by atoms with E-state index in [0.717, 1.165) is 17.7 Å². The maximum Gasteiger partial charge on any atom is 0.231 e. The predicted octanol–water partition coefficient (Wildman–Crippen LogP) is 3.54. The van der Waals surface area contributed by atoms with Gasteiger partial charge in [-0.15, -0.1) is 12.4 Å². The monoisotopic (exact) mass is 277 g/mol. The van der Waals surface area contributed by atoms with Crippen molar-refractivity contribution in [1.82, 2.24) is 0 Å². The summed E-state index contributed by atoms with van der Waals surface area (Å²) in [7, 11) is 0. The second-order valence-corrected chi connectivity index (χ2v) is 4.87. The van der Waals surface area contributed by atoms with Crippen LogP contribution in [0.3, 0.4) is 0 Å². The van der Waals surface area contributed by atoms with Crippen LogP contribution in [0, 0.1) is 5.92 Å². The van der Waals surface area contributed by atoms with Crippen LogP contribution in [0.15, 0.2) is 12.1 Å². The molecule has 0 amide bonds. The number of fused-ring (bicyclic) bond motifs is 1. The summed E-state index contributed by atoms with van der Waals surface area (Å²) in [5.74, 6) is 1.97. The summed E-state index contributed by atoms with van der Waals surface area (Å²) < 4.78 is 10.6. The van der Waals surface area contributed by atoms with Crippen molar-refractivity contribution in [3.8, 4) is 11.5 Å². The third-order valence-corrected chi connectivity index (χ3v) is 2.94. The lowest BCUT2D eigenvalue weighted by Gasteiger charge is -2.16. The maximum absolute atomic E-state index is 6.17. The van der Waals surface area contributed by atoms with Crippen molar-refractivity contribution >= 4 is 24.0 Å². The van der Waals surface area contributed by atoms with Gasteiger partial charge < -0.3 is 15.2 Å². The van der Waals surface area contributed by atoms with Gasteiger partial charge in [0.2, 0.25) is 6.79 Å². The molecule has 0 radical (unpaired) electrons. The fraction of sp³-hybridized carbons (Fsp3) is 0.500. The van der Waals surface area contributed by atoms with Gasteiger partial charge in [0.15, 0.2) is 11.5 Å². The lowest BCUT2D eigenvalue weighted by atomic mass is 9.97. The van der Waals surface area contributed by atoms with E-state index in [-0.39, 0.29) is 25.2 Å². The Bertz CT molecular complexity index is 396. The van der Waals surface area contributed by atoms with E-state index in [1.165, 1.54) is 0 Å². The highest BCUT2D eigenvalue weighted by molar-refractivity contribution is 6.31. The summed E-state index contributed by atoms with van der Waals surface area (Å²) in [5, 5.41) is 0.650. The molecule has 2 N–H and O–H groups in total. The second-order valence-electron chi connectivity index (χ2n) is 4.46. The minimum atomic E-state index is -0.0537. The molecule has 0 bridgehead atoms. The molecule has 3 nitrogen and oxygen atoms in total. The molecule has 1 atom stereocenters. The van der Waals surface area contributed by atoms with Crippen LogP contribution in [0.5, 0.6) is 11.5 Å². The molecule has 2 rings (SSSR count). The van der Waals surface area contributed by atoms with Crippen LogP contribution in [0.2, 0.25) is 5.02 Å². The molecule has 96 valence electrons. The molecule has 0 aliphatic carbocycles. The van der Waals surface area contributed by atoms with E-state index in [4.69, 9.17) is 26.8 Å². The lowest BCUT2D eigenvalue weighted by Crippen LogP contribution is -2.13. The SMILES string of the molecule is CC(C)C[C@@H](N)c1cc2c(cc1Cl)OCO2.Cl. The highest BCUT2D eigenvalue weighted by Crippen LogP contribution is 2.39. The van der Waals surface area contributed by atoms with E-state index in [2.05, 4.69) is 13.8 Å². The Hall–Kier alpha value is -0.640. The molecule has 1 aromatic rings. The van der Waals surface area contributed by atoms with Gasteiger partial charge >= 0.3 is 0 Å². The van der Waals surface area contributed by atoms with Gasteiger partial charge in [-0.25, -0.2) is 0 Å². The van der Waals surface area contributed by atoms with Gasteiger partial charge in [-0.05, 0) is 24.0 Å². The summed E-state index contributed by atoms with van der Waals surface area (Å²) in [5.41, 5.74) is 7.04. The standard InChI is InChI=1S/C12H16ClNO2.ClH/c1-7(2)3-10(14)8-4-11-12(5-9(8)13)16-6-15-11;/h4-5,7,10H,3,6,14H2,1-2H3;1H/t10-;/m1./s1. The zero-order valence-corrected chi connectivity index (χ0v) is 11.5. The van der Waals surface area contributed by atoms with Crippen molar-refractivity contribution in [3.63, 3.8) is 0 Å². The summed E-state index contributed by atoms with van der Waals surface area (Å²) in [6.07, 6.45) is 0.902. The fourth-order valence-corrected chi connectivity index (χ4v) is 2.15. The predicted molar refractivity (Wildman–Crippen MR) is 71.2 cm³/mol. The number of nitrogens with two attached hydrogens (primary N) is 1. The second kappa shape index (κ2) is 5.80. The number of halogens is 2. The molecule has 0 fully saturated rings. The summed E-state index contributed by atoms with van der Waals surface area (Å²) in [6.45, 7) is 4.54. The van der Waals surface area contributed by atoms with E-state index in [1.54, 1.807) is 6.07 Å². The first-order valence-corrected chi connectivity index (χ1v) is 5.80. The highest BCUT2D eigenvalue weighted by Gasteiger charge is 2.20. The van der Waals surface area contributed by atoms with Gasteiger partial charge in [0.05, 0.1) is 0 Å². The first-order valence-electron chi connectivity index (χ1n) is 5.42. The Balaban J connectivity index is 0.00000144. The number of benzene rings is 1. The van der Waals surface area contributed by atoms with E-state index >= 15 is 0 Å². The highest BCUT2D eigenvalue weighted by atomic mass is 35.5. The topological polar surface area (TPSA) is 44.5 Å². The number of hydrogen-bond donors (Lipinski definition) is 1. The van der Waals surface area contributed by atoms with E-state index < -0.39 is 0 Å². The molecule has 0 aromatic heterocycles. The molecule has 0 saturated heterocycles. The summed E-state index contributed by atoms with van der Waals surface area (Å²) in [6, 6.07) is 3.61. The van der Waals surface area contributed by atoms with Crippen LogP contribution in [0.1, 0.15) is 31.9 Å². The number of hydrogen-bond acceptors (Lipinski definition) is 3. The quantitative estimate of drug-likeness (QED) is 0.919. The third kappa shape index (κ3) is 3.18. The van der Waals surface area contributed by atoms with Crippen LogP contribution in [0.25, 0.3) is 0 Å². The lowest BCUT2D eigenvalue weighted by molar-refractivity contribution is 0.174. The first kappa shape index (κ1) is 14.4. The van der Waals surface area contributed by atoms with Crippen LogP contribution in [-0.4, -0.2) is 6.79 Å². The Morgan fingerprint density at radius 3 is 2.47 bits per heavy atom. The van der Waals surface area contributed by atoms with E-state index in [1.807, 2.05) is 6.07 Å².